The number of fused-ring (bicyclic) bond motifs is 3. The van der Waals surface area contributed by atoms with E-state index < -0.39 is 0 Å². The lowest BCUT2D eigenvalue weighted by molar-refractivity contribution is -0.114. The third-order valence-corrected chi connectivity index (χ3v) is 5.53. The van der Waals surface area contributed by atoms with Gasteiger partial charge in [-0.1, -0.05) is 96.8 Å². The Kier molecular flexibility index (Phi) is 5.15. The molecule has 0 heterocycles. The van der Waals surface area contributed by atoms with E-state index in [4.69, 9.17) is 0 Å². The van der Waals surface area contributed by atoms with Crippen molar-refractivity contribution in [3.8, 4) is 23.0 Å². The smallest absolute Gasteiger partial charge is 0.221 e. The molecule has 2 nitrogen and oxygen atoms in total. The van der Waals surface area contributed by atoms with Crippen molar-refractivity contribution in [2.24, 2.45) is 0 Å². The normalized spacial score (nSPS) is 10.5. The van der Waals surface area contributed by atoms with Crippen LogP contribution in [0.2, 0.25) is 0 Å². The second-order valence-corrected chi connectivity index (χ2v) is 7.69. The van der Waals surface area contributed by atoms with Gasteiger partial charge in [0.05, 0.1) is 0 Å². The SMILES string of the molecule is CC(=O)Nc1cccc2c(C#Cc3ccccc3)c(-c3ccccc3)c3ccccc3c12. The summed E-state index contributed by atoms with van der Waals surface area (Å²) >= 11 is 0. The number of hydrogen-bond donors (Lipinski definition) is 1. The van der Waals surface area contributed by atoms with Gasteiger partial charge >= 0.3 is 0 Å². The largest absolute Gasteiger partial charge is 0.326 e. The van der Waals surface area contributed by atoms with Crippen LogP contribution in [-0.2, 0) is 4.79 Å². The molecule has 2 heteroatoms. The third kappa shape index (κ3) is 3.62. The zero-order valence-electron chi connectivity index (χ0n) is 17.7. The Labute approximate surface area is 187 Å². The van der Waals surface area contributed by atoms with E-state index in [1.165, 1.54) is 6.92 Å². The standard InChI is InChI=1S/C30H21NO/c1-21(32)31-28-18-10-17-26-27(20-19-22-11-4-2-5-12-22)29(23-13-6-3-7-14-23)24-15-8-9-16-25(24)30(26)28/h2-18H,1H3,(H,31,32). The van der Waals surface area contributed by atoms with Gasteiger partial charge in [-0.3, -0.25) is 4.79 Å². The van der Waals surface area contributed by atoms with Crippen molar-refractivity contribution in [2.75, 3.05) is 5.32 Å². The van der Waals surface area contributed by atoms with Gasteiger partial charge in [0.25, 0.3) is 0 Å². The van der Waals surface area contributed by atoms with E-state index in [9.17, 15) is 4.79 Å². The van der Waals surface area contributed by atoms with Gasteiger partial charge in [0, 0.05) is 40.1 Å². The number of anilines is 1. The van der Waals surface area contributed by atoms with E-state index in [0.717, 1.165) is 49.5 Å². The van der Waals surface area contributed by atoms with Crippen LogP contribution in [0.4, 0.5) is 5.69 Å². The molecular weight excluding hydrogens is 390 g/mol. The van der Waals surface area contributed by atoms with Crippen molar-refractivity contribution in [1.29, 1.82) is 0 Å². The minimum Gasteiger partial charge on any atom is -0.326 e. The van der Waals surface area contributed by atoms with Crippen molar-refractivity contribution in [2.45, 2.75) is 6.92 Å². The highest BCUT2D eigenvalue weighted by molar-refractivity contribution is 6.22. The molecule has 0 aliphatic heterocycles. The van der Waals surface area contributed by atoms with E-state index >= 15 is 0 Å². The first-order chi connectivity index (χ1) is 15.7. The number of carbonyl (C=O) groups excluding carboxylic acids is 1. The van der Waals surface area contributed by atoms with Gasteiger partial charge in [-0.05, 0) is 34.5 Å². The number of rotatable bonds is 2. The Morgan fingerprint density at radius 2 is 1.28 bits per heavy atom. The molecule has 0 unspecified atom stereocenters. The number of amides is 1. The van der Waals surface area contributed by atoms with Crippen LogP contribution in [0.3, 0.4) is 0 Å². The molecule has 0 saturated heterocycles. The van der Waals surface area contributed by atoms with E-state index in [0.29, 0.717) is 0 Å². The molecule has 5 aromatic rings. The maximum atomic E-state index is 11.9. The zero-order valence-corrected chi connectivity index (χ0v) is 17.7. The summed E-state index contributed by atoms with van der Waals surface area (Å²) in [4.78, 5) is 11.9. The fraction of sp³-hybridized carbons (Fsp3) is 0.0333. The molecule has 0 saturated carbocycles. The number of hydrogen-bond acceptors (Lipinski definition) is 1. The molecule has 0 spiro atoms. The summed E-state index contributed by atoms with van der Waals surface area (Å²) in [5, 5.41) is 7.25. The molecule has 5 aromatic carbocycles. The number of benzene rings is 5. The fourth-order valence-electron chi connectivity index (χ4n) is 4.22. The van der Waals surface area contributed by atoms with E-state index in [-0.39, 0.29) is 5.91 Å². The van der Waals surface area contributed by atoms with Crippen molar-refractivity contribution in [3.05, 3.63) is 114 Å². The molecule has 0 radical (unpaired) electrons. The summed E-state index contributed by atoms with van der Waals surface area (Å²) in [6, 6.07) is 34.7. The molecule has 0 aliphatic rings. The van der Waals surface area contributed by atoms with Crippen molar-refractivity contribution < 1.29 is 4.79 Å². The average molecular weight is 412 g/mol. The maximum Gasteiger partial charge on any atom is 0.221 e. The first kappa shape index (κ1) is 19.6. The average Bonchev–Trinajstić information content (AvgIpc) is 2.83. The summed E-state index contributed by atoms with van der Waals surface area (Å²) in [6.07, 6.45) is 0. The molecule has 32 heavy (non-hydrogen) atoms. The fourth-order valence-corrected chi connectivity index (χ4v) is 4.22. The summed E-state index contributed by atoms with van der Waals surface area (Å²) in [5.74, 6) is 6.74. The highest BCUT2D eigenvalue weighted by Gasteiger charge is 2.17. The molecule has 0 aromatic heterocycles. The molecule has 5 rings (SSSR count). The van der Waals surface area contributed by atoms with E-state index in [1.807, 2.05) is 54.6 Å². The van der Waals surface area contributed by atoms with Crippen LogP contribution in [-0.4, -0.2) is 5.91 Å². The van der Waals surface area contributed by atoms with Crippen LogP contribution in [0.1, 0.15) is 18.1 Å². The van der Waals surface area contributed by atoms with Crippen LogP contribution in [0, 0.1) is 11.8 Å². The quantitative estimate of drug-likeness (QED) is 0.245. The van der Waals surface area contributed by atoms with Gasteiger partial charge in [0.2, 0.25) is 5.91 Å². The first-order valence-electron chi connectivity index (χ1n) is 10.6. The Balaban J connectivity index is 1.94. The van der Waals surface area contributed by atoms with Crippen molar-refractivity contribution >= 4 is 33.1 Å². The van der Waals surface area contributed by atoms with Crippen LogP contribution in [0.5, 0.6) is 0 Å². The van der Waals surface area contributed by atoms with E-state index in [1.54, 1.807) is 0 Å². The third-order valence-electron chi connectivity index (χ3n) is 5.53. The van der Waals surface area contributed by atoms with Crippen LogP contribution in [0.15, 0.2) is 103 Å². The van der Waals surface area contributed by atoms with Gasteiger partial charge in [0.1, 0.15) is 0 Å². The number of nitrogens with one attached hydrogen (secondary N) is 1. The monoisotopic (exact) mass is 411 g/mol. The summed E-state index contributed by atoms with van der Waals surface area (Å²) in [6.45, 7) is 1.54. The van der Waals surface area contributed by atoms with Gasteiger partial charge in [0.15, 0.2) is 0 Å². The molecule has 1 amide bonds. The minimum absolute atomic E-state index is 0.0920. The molecular formula is C30H21NO. The van der Waals surface area contributed by atoms with Gasteiger partial charge in [-0.15, -0.1) is 0 Å². The lowest BCUT2D eigenvalue weighted by Crippen LogP contribution is -2.06. The van der Waals surface area contributed by atoms with Gasteiger partial charge in [-0.25, -0.2) is 0 Å². The van der Waals surface area contributed by atoms with Crippen LogP contribution in [0.25, 0.3) is 32.7 Å². The molecule has 0 bridgehead atoms. The highest BCUT2D eigenvalue weighted by atomic mass is 16.1. The number of carbonyl (C=O) groups is 1. The Bertz CT molecular complexity index is 1510. The molecule has 0 fully saturated rings. The molecule has 1 N–H and O–H groups in total. The lowest BCUT2D eigenvalue weighted by atomic mass is 9.87. The predicted octanol–water partition coefficient (Wildman–Crippen LogP) is 7.02. The summed E-state index contributed by atoms with van der Waals surface area (Å²) < 4.78 is 0. The lowest BCUT2D eigenvalue weighted by Gasteiger charge is -2.17. The molecule has 152 valence electrons. The van der Waals surface area contributed by atoms with Gasteiger partial charge < -0.3 is 5.32 Å². The second-order valence-electron chi connectivity index (χ2n) is 7.69. The van der Waals surface area contributed by atoms with E-state index in [2.05, 4.69) is 65.7 Å². The minimum atomic E-state index is -0.0920. The Morgan fingerprint density at radius 3 is 2.00 bits per heavy atom. The predicted molar refractivity (Wildman–Crippen MR) is 134 cm³/mol. The maximum absolute atomic E-state index is 11.9. The zero-order chi connectivity index (χ0) is 21.9. The Hall–Kier alpha value is -4.35. The second kappa shape index (κ2) is 8.41. The van der Waals surface area contributed by atoms with Crippen molar-refractivity contribution in [3.63, 3.8) is 0 Å². The van der Waals surface area contributed by atoms with Crippen LogP contribution >= 0.6 is 0 Å². The first-order valence-corrected chi connectivity index (χ1v) is 10.6. The van der Waals surface area contributed by atoms with Crippen molar-refractivity contribution in [1.82, 2.24) is 0 Å². The summed E-state index contributed by atoms with van der Waals surface area (Å²) in [7, 11) is 0. The highest BCUT2D eigenvalue weighted by Crippen LogP contribution is 2.41. The molecule has 0 atom stereocenters. The topological polar surface area (TPSA) is 29.1 Å². The molecule has 0 aliphatic carbocycles. The summed E-state index contributed by atoms with van der Waals surface area (Å²) in [5.41, 5.74) is 4.95. The van der Waals surface area contributed by atoms with Crippen LogP contribution < -0.4 is 5.32 Å². The van der Waals surface area contributed by atoms with Gasteiger partial charge in [-0.2, -0.15) is 0 Å². The Morgan fingerprint density at radius 1 is 0.656 bits per heavy atom.